The first-order valence-electron chi connectivity index (χ1n) is 5.53. The second-order valence-corrected chi connectivity index (χ2v) is 4.42. The van der Waals surface area contributed by atoms with E-state index < -0.39 is 12.3 Å². The molecular formula is C10H17FN2O2. The largest absolute Gasteiger partial charge is 0.465 e. The van der Waals surface area contributed by atoms with E-state index in [4.69, 9.17) is 5.11 Å². The molecule has 86 valence electrons. The van der Waals surface area contributed by atoms with Crippen LogP contribution in [0.15, 0.2) is 0 Å². The molecule has 1 amide bonds. The molecule has 0 radical (unpaired) electrons. The van der Waals surface area contributed by atoms with Gasteiger partial charge in [0.2, 0.25) is 0 Å². The molecule has 2 aliphatic heterocycles. The number of piperidine rings is 1. The number of alkyl halides is 1. The third kappa shape index (κ3) is 2.22. The van der Waals surface area contributed by atoms with Crippen molar-refractivity contribution in [3.63, 3.8) is 0 Å². The molecular weight excluding hydrogens is 199 g/mol. The number of carboxylic acid groups (broad SMARTS) is 1. The number of rotatable bonds is 1. The molecule has 2 fully saturated rings. The van der Waals surface area contributed by atoms with E-state index in [2.05, 4.69) is 5.32 Å². The summed E-state index contributed by atoms with van der Waals surface area (Å²) < 4.78 is 13.2. The minimum Gasteiger partial charge on any atom is -0.465 e. The molecule has 2 N–H and O–H groups in total. The first-order chi connectivity index (χ1) is 7.18. The summed E-state index contributed by atoms with van der Waals surface area (Å²) in [6.45, 7) is 1.90. The minimum absolute atomic E-state index is 0.0595. The number of likely N-dealkylation sites (tertiary alicyclic amines) is 1. The van der Waals surface area contributed by atoms with Gasteiger partial charge < -0.3 is 15.3 Å². The monoisotopic (exact) mass is 216 g/mol. The normalized spacial score (nSPS) is 33.3. The van der Waals surface area contributed by atoms with Gasteiger partial charge in [-0.05, 0) is 31.8 Å². The molecule has 5 heteroatoms. The van der Waals surface area contributed by atoms with Gasteiger partial charge >= 0.3 is 6.09 Å². The van der Waals surface area contributed by atoms with Gasteiger partial charge in [-0.2, -0.15) is 0 Å². The topological polar surface area (TPSA) is 52.6 Å². The summed E-state index contributed by atoms with van der Waals surface area (Å²) in [5.41, 5.74) is 0. The zero-order valence-corrected chi connectivity index (χ0v) is 8.66. The van der Waals surface area contributed by atoms with Crippen LogP contribution < -0.4 is 5.32 Å². The van der Waals surface area contributed by atoms with Crippen molar-refractivity contribution in [3.8, 4) is 0 Å². The van der Waals surface area contributed by atoms with Crippen molar-refractivity contribution >= 4 is 6.09 Å². The van der Waals surface area contributed by atoms with Crippen LogP contribution in [0.5, 0.6) is 0 Å². The Labute approximate surface area is 88.4 Å². The summed E-state index contributed by atoms with van der Waals surface area (Å²) in [5.74, 6) is 0.336. The molecule has 0 unspecified atom stereocenters. The Morgan fingerprint density at radius 1 is 1.40 bits per heavy atom. The average molecular weight is 216 g/mol. The maximum Gasteiger partial charge on any atom is 0.407 e. The Bertz CT molecular complexity index is 244. The summed E-state index contributed by atoms with van der Waals surface area (Å²) in [5, 5.41) is 12.2. The Morgan fingerprint density at radius 3 is 2.67 bits per heavy atom. The summed E-state index contributed by atoms with van der Waals surface area (Å²) in [6.07, 6.45) is 0.360. The lowest BCUT2D eigenvalue weighted by molar-refractivity contribution is 0.116. The second kappa shape index (κ2) is 4.35. The second-order valence-electron chi connectivity index (χ2n) is 4.42. The quantitative estimate of drug-likeness (QED) is 0.689. The van der Waals surface area contributed by atoms with E-state index in [1.54, 1.807) is 0 Å². The smallest absolute Gasteiger partial charge is 0.407 e. The molecule has 4 nitrogen and oxygen atoms in total. The number of halogens is 1. The van der Waals surface area contributed by atoms with Crippen molar-refractivity contribution in [2.45, 2.75) is 31.5 Å². The number of nitrogens with one attached hydrogen (secondary N) is 1. The van der Waals surface area contributed by atoms with Crippen molar-refractivity contribution in [1.82, 2.24) is 10.2 Å². The van der Waals surface area contributed by atoms with Gasteiger partial charge in [0.05, 0.1) is 6.54 Å². The number of amides is 1. The van der Waals surface area contributed by atoms with Gasteiger partial charge in [0.15, 0.2) is 0 Å². The number of carbonyl (C=O) groups is 1. The van der Waals surface area contributed by atoms with Crippen LogP contribution in [-0.4, -0.2) is 47.9 Å². The Hall–Kier alpha value is -0.840. The average Bonchev–Trinajstić information content (AvgIpc) is 2.62. The third-order valence-electron chi connectivity index (χ3n) is 3.47. The van der Waals surface area contributed by atoms with Crippen LogP contribution in [0.25, 0.3) is 0 Å². The van der Waals surface area contributed by atoms with Crippen LogP contribution in [0.2, 0.25) is 0 Å². The highest BCUT2D eigenvalue weighted by Gasteiger charge is 2.40. The molecule has 0 aliphatic carbocycles. The van der Waals surface area contributed by atoms with Crippen LogP contribution in [0, 0.1) is 5.92 Å². The van der Waals surface area contributed by atoms with Crippen LogP contribution in [0.3, 0.4) is 0 Å². The molecule has 0 aromatic carbocycles. The predicted octanol–water partition coefficient (Wildman–Crippen LogP) is 1.08. The molecule has 0 spiro atoms. The van der Waals surface area contributed by atoms with Crippen molar-refractivity contribution in [2.75, 3.05) is 19.6 Å². The van der Waals surface area contributed by atoms with Gasteiger partial charge in [0.1, 0.15) is 6.17 Å². The van der Waals surface area contributed by atoms with Crippen LogP contribution in [0.1, 0.15) is 19.3 Å². The molecule has 0 saturated carbocycles. The Balaban J connectivity index is 2.02. The van der Waals surface area contributed by atoms with Gasteiger partial charge in [-0.3, -0.25) is 0 Å². The molecule has 2 aliphatic rings. The van der Waals surface area contributed by atoms with Crippen LogP contribution >= 0.6 is 0 Å². The molecule has 2 atom stereocenters. The molecule has 2 heterocycles. The van der Waals surface area contributed by atoms with E-state index in [-0.39, 0.29) is 12.6 Å². The molecule has 0 aromatic rings. The number of hydrogen-bond donors (Lipinski definition) is 2. The maximum atomic E-state index is 13.2. The predicted molar refractivity (Wildman–Crippen MR) is 53.6 cm³/mol. The SMILES string of the molecule is O=C(O)N1C[C@@H](F)C[C@H]1C1CCNCC1. The van der Waals surface area contributed by atoms with Crippen molar-refractivity contribution in [3.05, 3.63) is 0 Å². The zero-order chi connectivity index (χ0) is 10.8. The maximum absolute atomic E-state index is 13.2. The van der Waals surface area contributed by atoms with Gasteiger partial charge in [0.25, 0.3) is 0 Å². The van der Waals surface area contributed by atoms with Gasteiger partial charge in [0, 0.05) is 12.5 Å². The molecule has 0 bridgehead atoms. The van der Waals surface area contributed by atoms with E-state index in [1.165, 1.54) is 4.90 Å². The fourth-order valence-electron chi connectivity index (χ4n) is 2.71. The molecule has 2 saturated heterocycles. The molecule has 2 rings (SSSR count). The third-order valence-corrected chi connectivity index (χ3v) is 3.47. The van der Waals surface area contributed by atoms with Crippen LogP contribution in [-0.2, 0) is 0 Å². The molecule has 15 heavy (non-hydrogen) atoms. The van der Waals surface area contributed by atoms with E-state index in [0.717, 1.165) is 25.9 Å². The van der Waals surface area contributed by atoms with E-state index in [0.29, 0.717) is 12.3 Å². The molecule has 0 aromatic heterocycles. The summed E-state index contributed by atoms with van der Waals surface area (Å²) in [4.78, 5) is 12.2. The minimum atomic E-state index is -0.973. The first kappa shape index (κ1) is 10.7. The Morgan fingerprint density at radius 2 is 2.07 bits per heavy atom. The van der Waals surface area contributed by atoms with E-state index in [9.17, 15) is 9.18 Å². The van der Waals surface area contributed by atoms with E-state index in [1.807, 2.05) is 0 Å². The Kier molecular flexibility index (Phi) is 3.09. The standard InChI is InChI=1S/C10H17FN2O2/c11-8-5-9(13(6-8)10(14)15)7-1-3-12-4-2-7/h7-9,12H,1-6H2,(H,14,15)/t8-,9-/m0/s1. The van der Waals surface area contributed by atoms with Gasteiger partial charge in [-0.25, -0.2) is 9.18 Å². The van der Waals surface area contributed by atoms with E-state index >= 15 is 0 Å². The van der Waals surface area contributed by atoms with Gasteiger partial charge in [-0.15, -0.1) is 0 Å². The lowest BCUT2D eigenvalue weighted by atomic mass is 9.89. The fraction of sp³-hybridized carbons (Fsp3) is 0.900. The highest BCUT2D eigenvalue weighted by molar-refractivity contribution is 5.66. The first-order valence-corrected chi connectivity index (χ1v) is 5.53. The van der Waals surface area contributed by atoms with Crippen molar-refractivity contribution < 1.29 is 14.3 Å². The highest BCUT2D eigenvalue weighted by atomic mass is 19.1. The lowest BCUT2D eigenvalue weighted by Gasteiger charge is -2.32. The summed E-state index contributed by atoms with van der Waals surface area (Å²) >= 11 is 0. The van der Waals surface area contributed by atoms with Crippen molar-refractivity contribution in [1.29, 1.82) is 0 Å². The zero-order valence-electron chi connectivity index (χ0n) is 8.66. The van der Waals surface area contributed by atoms with Gasteiger partial charge in [-0.1, -0.05) is 0 Å². The van der Waals surface area contributed by atoms with Crippen molar-refractivity contribution in [2.24, 2.45) is 5.92 Å². The lowest BCUT2D eigenvalue weighted by Crippen LogP contribution is -2.43. The number of nitrogens with zero attached hydrogens (tertiary/aromatic N) is 1. The fourth-order valence-corrected chi connectivity index (χ4v) is 2.71. The summed E-state index contributed by atoms with van der Waals surface area (Å²) in [6, 6.07) is -0.0976. The highest BCUT2D eigenvalue weighted by Crippen LogP contribution is 2.30. The van der Waals surface area contributed by atoms with Crippen LogP contribution in [0.4, 0.5) is 9.18 Å². The number of hydrogen-bond acceptors (Lipinski definition) is 2. The summed E-state index contributed by atoms with van der Waals surface area (Å²) in [7, 11) is 0.